The van der Waals surface area contributed by atoms with Gasteiger partial charge in [0.15, 0.2) is 5.60 Å². The van der Waals surface area contributed by atoms with E-state index in [9.17, 15) is 4.79 Å². The standard InChI is InChI=1S/C29H31NO3/c1-3-5-17-30(18-6-4-2)20-21-15-16-25-27(19-21)32-26-14-10-9-13-24(26)29(25)23-12-8-7-11-22(23)28(31)33-29/h7-16,19H,3-6,17-18,20H2,1-2H3. The van der Waals surface area contributed by atoms with Gasteiger partial charge in [-0.2, -0.15) is 0 Å². The second-order valence-electron chi connectivity index (χ2n) is 9.03. The molecule has 1 atom stereocenters. The number of unbranched alkanes of at least 4 members (excludes halogenated alkanes) is 2. The SMILES string of the molecule is CCCCN(CCCC)Cc1ccc2c(c1)Oc1ccccc1C21OC(=O)c2ccccc21. The summed E-state index contributed by atoms with van der Waals surface area (Å²) >= 11 is 0. The van der Waals surface area contributed by atoms with Crippen molar-refractivity contribution in [2.24, 2.45) is 0 Å². The Morgan fingerprint density at radius 1 is 0.788 bits per heavy atom. The minimum atomic E-state index is -0.972. The summed E-state index contributed by atoms with van der Waals surface area (Å²) in [6.45, 7) is 7.57. The van der Waals surface area contributed by atoms with E-state index in [-0.39, 0.29) is 5.97 Å². The van der Waals surface area contributed by atoms with Gasteiger partial charge >= 0.3 is 5.97 Å². The Bertz CT molecular complexity index is 1160. The van der Waals surface area contributed by atoms with E-state index >= 15 is 0 Å². The van der Waals surface area contributed by atoms with Gasteiger partial charge in [0.25, 0.3) is 0 Å². The third-order valence-corrected chi connectivity index (χ3v) is 6.75. The highest BCUT2D eigenvalue weighted by atomic mass is 16.6. The number of benzene rings is 3. The average molecular weight is 442 g/mol. The van der Waals surface area contributed by atoms with E-state index in [2.05, 4.69) is 36.9 Å². The van der Waals surface area contributed by atoms with E-state index in [4.69, 9.17) is 9.47 Å². The predicted molar refractivity (Wildman–Crippen MR) is 130 cm³/mol. The monoisotopic (exact) mass is 441 g/mol. The van der Waals surface area contributed by atoms with Crippen molar-refractivity contribution in [2.75, 3.05) is 13.1 Å². The third kappa shape index (κ3) is 3.72. The maximum atomic E-state index is 12.9. The molecule has 0 saturated carbocycles. The first-order valence-electron chi connectivity index (χ1n) is 12.1. The summed E-state index contributed by atoms with van der Waals surface area (Å²) in [5.41, 5.74) is 3.50. The van der Waals surface area contributed by atoms with Gasteiger partial charge in [-0.15, -0.1) is 0 Å². The molecule has 33 heavy (non-hydrogen) atoms. The summed E-state index contributed by atoms with van der Waals surface area (Å²) in [6.07, 6.45) is 4.79. The summed E-state index contributed by atoms with van der Waals surface area (Å²) in [4.78, 5) is 15.4. The molecule has 0 fully saturated rings. The first-order valence-corrected chi connectivity index (χ1v) is 12.1. The maximum Gasteiger partial charge on any atom is 0.340 e. The lowest BCUT2D eigenvalue weighted by Gasteiger charge is -2.36. The highest BCUT2D eigenvalue weighted by Gasteiger charge is 2.53. The molecule has 0 amide bonds. The van der Waals surface area contributed by atoms with Gasteiger partial charge in [-0.25, -0.2) is 4.79 Å². The van der Waals surface area contributed by atoms with Crippen molar-refractivity contribution >= 4 is 5.97 Å². The van der Waals surface area contributed by atoms with Crippen molar-refractivity contribution < 1.29 is 14.3 Å². The van der Waals surface area contributed by atoms with Gasteiger partial charge in [0.2, 0.25) is 0 Å². The van der Waals surface area contributed by atoms with Crippen LogP contribution < -0.4 is 4.74 Å². The van der Waals surface area contributed by atoms with Crippen LogP contribution in [0.15, 0.2) is 66.7 Å². The molecule has 4 nitrogen and oxygen atoms in total. The van der Waals surface area contributed by atoms with E-state index in [1.807, 2.05) is 48.5 Å². The van der Waals surface area contributed by atoms with Crippen LogP contribution in [0.25, 0.3) is 0 Å². The number of esters is 1. The van der Waals surface area contributed by atoms with Crippen molar-refractivity contribution in [1.82, 2.24) is 4.90 Å². The fourth-order valence-corrected chi connectivity index (χ4v) is 5.06. The molecule has 1 spiro atoms. The summed E-state index contributed by atoms with van der Waals surface area (Å²) in [6, 6.07) is 22.0. The molecule has 4 heteroatoms. The van der Waals surface area contributed by atoms with Crippen LogP contribution in [0.4, 0.5) is 0 Å². The number of para-hydroxylation sites is 1. The summed E-state index contributed by atoms with van der Waals surface area (Å²) in [7, 11) is 0. The highest BCUT2D eigenvalue weighted by Crippen LogP contribution is 2.55. The predicted octanol–water partition coefficient (Wildman–Crippen LogP) is 6.66. The summed E-state index contributed by atoms with van der Waals surface area (Å²) in [5.74, 6) is 1.21. The van der Waals surface area contributed by atoms with Crippen LogP contribution in [-0.2, 0) is 16.9 Å². The number of rotatable bonds is 8. The largest absolute Gasteiger partial charge is 0.456 e. The quantitative estimate of drug-likeness (QED) is 0.367. The van der Waals surface area contributed by atoms with E-state index in [1.165, 1.54) is 31.2 Å². The number of fused-ring (bicyclic) bond motifs is 6. The van der Waals surface area contributed by atoms with Crippen LogP contribution in [0.3, 0.4) is 0 Å². The van der Waals surface area contributed by atoms with Gasteiger partial charge in [-0.3, -0.25) is 4.90 Å². The Morgan fingerprint density at radius 3 is 2.21 bits per heavy atom. The lowest BCUT2D eigenvalue weighted by atomic mass is 9.77. The second-order valence-corrected chi connectivity index (χ2v) is 9.03. The Labute approximate surface area is 196 Å². The highest BCUT2D eigenvalue weighted by molar-refractivity contribution is 5.97. The molecule has 2 aliphatic heterocycles. The van der Waals surface area contributed by atoms with Crippen molar-refractivity contribution in [3.05, 3.63) is 94.5 Å². The van der Waals surface area contributed by atoms with Gasteiger partial charge in [0.05, 0.1) is 5.56 Å². The molecule has 0 aliphatic carbocycles. The summed E-state index contributed by atoms with van der Waals surface area (Å²) < 4.78 is 12.6. The minimum absolute atomic E-state index is 0.289. The van der Waals surface area contributed by atoms with Crippen molar-refractivity contribution in [3.8, 4) is 11.5 Å². The van der Waals surface area contributed by atoms with Crippen LogP contribution >= 0.6 is 0 Å². The molecule has 3 aromatic carbocycles. The molecule has 0 aromatic heterocycles. The first-order chi connectivity index (χ1) is 16.2. The fraction of sp³-hybridized carbons (Fsp3) is 0.345. The lowest BCUT2D eigenvalue weighted by Crippen LogP contribution is -2.33. The lowest BCUT2D eigenvalue weighted by molar-refractivity contribution is 0.0224. The normalized spacial score (nSPS) is 18.0. The van der Waals surface area contributed by atoms with Crippen molar-refractivity contribution in [1.29, 1.82) is 0 Å². The first kappa shape index (κ1) is 21.7. The van der Waals surface area contributed by atoms with Crippen LogP contribution in [-0.4, -0.2) is 24.0 Å². The molecule has 5 rings (SSSR count). The fourth-order valence-electron chi connectivity index (χ4n) is 5.06. The molecule has 0 bridgehead atoms. The molecule has 170 valence electrons. The molecular weight excluding hydrogens is 410 g/mol. The zero-order valence-electron chi connectivity index (χ0n) is 19.5. The van der Waals surface area contributed by atoms with E-state index in [1.54, 1.807) is 0 Å². The zero-order chi connectivity index (χ0) is 22.8. The third-order valence-electron chi connectivity index (χ3n) is 6.75. The Hall–Kier alpha value is -3.11. The second kappa shape index (κ2) is 9.03. The molecule has 3 aromatic rings. The van der Waals surface area contributed by atoms with Crippen LogP contribution in [0, 0.1) is 0 Å². The Morgan fingerprint density at radius 2 is 1.45 bits per heavy atom. The molecule has 2 aliphatic rings. The minimum Gasteiger partial charge on any atom is -0.456 e. The molecule has 0 saturated heterocycles. The number of nitrogens with zero attached hydrogens (tertiary/aromatic N) is 1. The smallest absolute Gasteiger partial charge is 0.340 e. The average Bonchev–Trinajstić information content (AvgIpc) is 3.14. The van der Waals surface area contributed by atoms with Crippen LogP contribution in [0.2, 0.25) is 0 Å². The summed E-state index contributed by atoms with van der Waals surface area (Å²) in [5, 5.41) is 0. The van der Waals surface area contributed by atoms with E-state index in [0.29, 0.717) is 5.56 Å². The van der Waals surface area contributed by atoms with Gasteiger partial charge in [0.1, 0.15) is 11.5 Å². The van der Waals surface area contributed by atoms with Crippen LogP contribution in [0.5, 0.6) is 11.5 Å². The molecular formula is C29H31NO3. The van der Waals surface area contributed by atoms with Crippen LogP contribution in [0.1, 0.15) is 72.1 Å². The van der Waals surface area contributed by atoms with Crippen molar-refractivity contribution in [3.63, 3.8) is 0 Å². The van der Waals surface area contributed by atoms with E-state index in [0.717, 1.165) is 47.8 Å². The number of ether oxygens (including phenoxy) is 2. The Kier molecular flexibility index (Phi) is 5.94. The van der Waals surface area contributed by atoms with Crippen molar-refractivity contribution in [2.45, 2.75) is 51.7 Å². The van der Waals surface area contributed by atoms with Gasteiger partial charge < -0.3 is 9.47 Å². The van der Waals surface area contributed by atoms with Gasteiger partial charge in [-0.1, -0.05) is 75.2 Å². The number of carbonyl (C=O) groups excluding carboxylic acids is 1. The molecule has 0 radical (unpaired) electrons. The number of hydrogen-bond acceptors (Lipinski definition) is 4. The number of hydrogen-bond donors (Lipinski definition) is 0. The maximum absolute atomic E-state index is 12.9. The van der Waals surface area contributed by atoms with Gasteiger partial charge in [0, 0.05) is 23.2 Å². The Balaban J connectivity index is 1.57. The van der Waals surface area contributed by atoms with E-state index < -0.39 is 5.60 Å². The molecule has 0 N–H and O–H groups in total. The molecule has 2 heterocycles. The topological polar surface area (TPSA) is 38.8 Å². The number of carbonyl (C=O) groups is 1. The molecule has 1 unspecified atom stereocenters. The zero-order valence-corrected chi connectivity index (χ0v) is 19.5. The van der Waals surface area contributed by atoms with Gasteiger partial charge in [-0.05, 0) is 49.7 Å².